The van der Waals surface area contributed by atoms with Gasteiger partial charge in [-0.1, -0.05) is 11.6 Å². The summed E-state index contributed by atoms with van der Waals surface area (Å²) in [6.45, 7) is 8.56. The summed E-state index contributed by atoms with van der Waals surface area (Å²) in [4.78, 5) is 0. The number of rotatable bonds is 4. The highest BCUT2D eigenvalue weighted by Crippen LogP contribution is 2.25. The van der Waals surface area contributed by atoms with Crippen molar-refractivity contribution in [3.8, 4) is 5.75 Å². The Kier molecular flexibility index (Phi) is 3.94. The molecule has 0 aliphatic heterocycles. The van der Waals surface area contributed by atoms with Gasteiger partial charge in [0.25, 0.3) is 0 Å². The molecule has 1 aromatic rings. The highest BCUT2D eigenvalue weighted by molar-refractivity contribution is 6.29. The van der Waals surface area contributed by atoms with Crippen LogP contribution in [0.1, 0.15) is 13.8 Å². The summed E-state index contributed by atoms with van der Waals surface area (Å²) < 4.78 is 18.1. The third-order valence-electron chi connectivity index (χ3n) is 2.11. The monoisotopic (exact) mass is 243 g/mol. The molecule has 1 unspecified atom stereocenters. The molecule has 16 heavy (non-hydrogen) atoms. The van der Waals surface area contributed by atoms with Gasteiger partial charge in [0.15, 0.2) is 0 Å². The lowest BCUT2D eigenvalue weighted by molar-refractivity contribution is -0.00414. The van der Waals surface area contributed by atoms with Crippen LogP contribution in [0.4, 0.5) is 4.39 Å². The Morgan fingerprint density at radius 2 is 1.94 bits per heavy atom. The Labute approximate surface area is 99.3 Å². The normalized spacial score (nSPS) is 13.3. The minimum absolute atomic E-state index is 0.146. The van der Waals surface area contributed by atoms with Crippen molar-refractivity contribution in [1.29, 1.82) is 0 Å². The molecule has 0 bridgehead atoms. The number of aliphatic hydroxyl groups excluding tert-OH is 1. The van der Waals surface area contributed by atoms with Gasteiger partial charge < -0.3 is 9.84 Å². The van der Waals surface area contributed by atoms with E-state index in [1.54, 1.807) is 13.8 Å². The van der Waals surface area contributed by atoms with Gasteiger partial charge in [-0.3, -0.25) is 0 Å². The van der Waals surface area contributed by atoms with Crippen LogP contribution < -0.4 is 4.74 Å². The van der Waals surface area contributed by atoms with Crippen LogP contribution >= 0.6 is 11.6 Å². The van der Waals surface area contributed by atoms with Gasteiger partial charge in [-0.2, -0.15) is 0 Å². The summed E-state index contributed by atoms with van der Waals surface area (Å²) in [5, 5.41) is 9.53. The Hall–Kier alpha value is -1.06. The maximum Gasteiger partial charge on any atom is 0.134 e. The quantitative estimate of drug-likeness (QED) is 0.881. The summed E-state index contributed by atoms with van der Waals surface area (Å²) >= 11 is 5.51. The first-order chi connectivity index (χ1) is 7.33. The molecule has 4 heteroatoms. The molecule has 0 aliphatic carbocycles. The average molecular weight is 244 g/mol. The first kappa shape index (κ1) is 13.0. The van der Waals surface area contributed by atoms with Gasteiger partial charge in [0.2, 0.25) is 0 Å². The second kappa shape index (κ2) is 4.85. The first-order valence-electron chi connectivity index (χ1n) is 4.73. The predicted octanol–water partition coefficient (Wildman–Crippen LogP) is 2.90. The molecule has 0 aromatic heterocycles. The molecule has 0 fully saturated rings. The molecule has 0 aliphatic rings. The van der Waals surface area contributed by atoms with Crippen molar-refractivity contribution >= 4 is 11.6 Å². The van der Waals surface area contributed by atoms with Crippen LogP contribution in [-0.2, 0) is 0 Å². The van der Waals surface area contributed by atoms with E-state index in [4.69, 9.17) is 22.9 Å². The lowest BCUT2D eigenvalue weighted by Gasteiger charge is -2.30. The third kappa shape index (κ3) is 3.22. The summed E-state index contributed by atoms with van der Waals surface area (Å²) in [5.74, 6) is 0.0810. The first-order valence-corrected chi connectivity index (χ1v) is 5.11. The Morgan fingerprint density at radius 3 is 2.38 bits per heavy atom. The van der Waals surface area contributed by atoms with Crippen LogP contribution in [0.5, 0.6) is 5.75 Å². The third-order valence-corrected chi connectivity index (χ3v) is 2.32. The van der Waals surface area contributed by atoms with Crippen molar-refractivity contribution in [3.05, 3.63) is 41.7 Å². The fourth-order valence-electron chi connectivity index (χ4n) is 1.19. The van der Waals surface area contributed by atoms with E-state index in [9.17, 15) is 9.50 Å². The summed E-state index contributed by atoms with van der Waals surface area (Å²) in [5.41, 5.74) is -0.982. The van der Waals surface area contributed by atoms with Crippen LogP contribution in [0.25, 0.3) is 0 Å². The molecule has 1 radical (unpaired) electrons. The van der Waals surface area contributed by atoms with Crippen LogP contribution in [0, 0.1) is 12.4 Å². The van der Waals surface area contributed by atoms with Gasteiger partial charge in [-0.05, 0) is 44.7 Å². The minimum Gasteiger partial charge on any atom is -0.485 e. The largest absolute Gasteiger partial charge is 0.485 e. The molecule has 0 spiro atoms. The van der Waals surface area contributed by atoms with E-state index >= 15 is 0 Å². The van der Waals surface area contributed by atoms with Crippen molar-refractivity contribution < 1.29 is 14.2 Å². The predicted molar refractivity (Wildman–Crippen MR) is 60.8 cm³/mol. The zero-order valence-electron chi connectivity index (χ0n) is 9.08. The molecular weight excluding hydrogens is 231 g/mol. The van der Waals surface area contributed by atoms with E-state index in [0.29, 0.717) is 5.75 Å². The minimum atomic E-state index is -1.11. The molecule has 1 aromatic carbocycles. The number of hydrogen-bond donors (Lipinski definition) is 1. The summed E-state index contributed by atoms with van der Waals surface area (Å²) in [6, 6.07) is 5.47. The molecule has 1 atom stereocenters. The van der Waals surface area contributed by atoms with Crippen LogP contribution in [0.15, 0.2) is 29.3 Å². The zero-order chi connectivity index (χ0) is 12.3. The highest BCUT2D eigenvalue weighted by atomic mass is 35.5. The van der Waals surface area contributed by atoms with Gasteiger partial charge in [-0.15, -0.1) is 0 Å². The fraction of sp³-hybridized carbons (Fsp3) is 0.333. The second-order valence-electron chi connectivity index (χ2n) is 3.95. The lowest BCUT2D eigenvalue weighted by Crippen LogP contribution is -2.42. The van der Waals surface area contributed by atoms with Crippen LogP contribution in [-0.4, -0.2) is 16.8 Å². The SMILES string of the molecule is [CH]=C(Cl)C(O)C(C)(C)Oc1ccc(F)cc1. The van der Waals surface area contributed by atoms with E-state index < -0.39 is 11.7 Å². The Balaban J connectivity index is 2.79. The number of ether oxygens (including phenoxy) is 1. The Morgan fingerprint density at radius 1 is 1.44 bits per heavy atom. The maximum absolute atomic E-state index is 12.7. The molecular formula is C12H13ClFO2. The highest BCUT2D eigenvalue weighted by Gasteiger charge is 2.31. The maximum atomic E-state index is 12.7. The lowest BCUT2D eigenvalue weighted by atomic mass is 10.0. The van der Waals surface area contributed by atoms with E-state index in [2.05, 4.69) is 0 Å². The van der Waals surface area contributed by atoms with E-state index in [-0.39, 0.29) is 10.8 Å². The number of benzene rings is 1. The number of halogens is 2. The van der Waals surface area contributed by atoms with Gasteiger partial charge in [0.1, 0.15) is 23.3 Å². The van der Waals surface area contributed by atoms with Crippen LogP contribution in [0.2, 0.25) is 0 Å². The van der Waals surface area contributed by atoms with E-state index in [1.165, 1.54) is 24.3 Å². The van der Waals surface area contributed by atoms with Crippen molar-refractivity contribution in [3.63, 3.8) is 0 Å². The van der Waals surface area contributed by atoms with Gasteiger partial charge in [0, 0.05) is 0 Å². The Bertz CT molecular complexity index is 373. The molecule has 0 amide bonds. The van der Waals surface area contributed by atoms with E-state index in [0.717, 1.165) is 0 Å². The van der Waals surface area contributed by atoms with Crippen molar-refractivity contribution in [2.24, 2.45) is 0 Å². The number of hydrogen-bond acceptors (Lipinski definition) is 2. The van der Waals surface area contributed by atoms with Gasteiger partial charge in [0.05, 0.1) is 5.03 Å². The summed E-state index contributed by atoms with van der Waals surface area (Å²) in [7, 11) is 0. The standard InChI is InChI=1S/C12H13ClFO2/c1-8(13)11(15)12(2,3)16-10-6-4-9(14)5-7-10/h1,4-7,11,15H,2-3H3. The molecule has 2 nitrogen and oxygen atoms in total. The molecule has 0 saturated carbocycles. The van der Waals surface area contributed by atoms with Crippen molar-refractivity contribution in [1.82, 2.24) is 0 Å². The molecule has 87 valence electrons. The van der Waals surface area contributed by atoms with Crippen LogP contribution in [0.3, 0.4) is 0 Å². The second-order valence-corrected chi connectivity index (χ2v) is 4.38. The molecule has 1 rings (SSSR count). The van der Waals surface area contributed by atoms with E-state index in [1.807, 2.05) is 0 Å². The molecule has 0 heterocycles. The molecule has 0 saturated heterocycles. The zero-order valence-corrected chi connectivity index (χ0v) is 9.83. The van der Waals surface area contributed by atoms with Gasteiger partial charge in [-0.25, -0.2) is 4.39 Å². The van der Waals surface area contributed by atoms with Crippen molar-refractivity contribution in [2.75, 3.05) is 0 Å². The average Bonchev–Trinajstić information content (AvgIpc) is 2.20. The van der Waals surface area contributed by atoms with Crippen molar-refractivity contribution in [2.45, 2.75) is 25.6 Å². The summed E-state index contributed by atoms with van der Waals surface area (Å²) in [6.07, 6.45) is -1.11. The topological polar surface area (TPSA) is 29.5 Å². The number of aliphatic hydroxyl groups is 1. The van der Waals surface area contributed by atoms with Gasteiger partial charge >= 0.3 is 0 Å². The molecule has 1 N–H and O–H groups in total. The fourth-order valence-corrected chi connectivity index (χ4v) is 1.46. The smallest absolute Gasteiger partial charge is 0.134 e.